The quantitative estimate of drug-likeness (QED) is 0.300. The zero-order chi connectivity index (χ0) is 18.5. The van der Waals surface area contributed by atoms with E-state index < -0.39 is 0 Å². The zero-order valence-electron chi connectivity index (χ0n) is 15.9. The first-order valence-electron chi connectivity index (χ1n) is 9.61. The van der Waals surface area contributed by atoms with Crippen molar-refractivity contribution in [2.24, 2.45) is 7.05 Å². The molecule has 0 aliphatic heterocycles. The maximum absolute atomic E-state index is 3.63. The fourth-order valence-corrected chi connectivity index (χ4v) is 4.33. The van der Waals surface area contributed by atoms with Crippen LogP contribution in [0.4, 0.5) is 0 Å². The van der Waals surface area contributed by atoms with E-state index >= 15 is 0 Å². The van der Waals surface area contributed by atoms with Crippen molar-refractivity contribution >= 4 is 54.4 Å². The van der Waals surface area contributed by atoms with E-state index in [-0.39, 0.29) is 0 Å². The minimum atomic E-state index is 1.20. The van der Waals surface area contributed by atoms with Gasteiger partial charge in [-0.2, -0.15) is 0 Å². The summed E-state index contributed by atoms with van der Waals surface area (Å²) in [6.07, 6.45) is 0. The van der Waals surface area contributed by atoms with Gasteiger partial charge in [0.25, 0.3) is 0 Å². The van der Waals surface area contributed by atoms with E-state index in [0.717, 1.165) is 0 Å². The Labute approximate surface area is 158 Å². The van der Waals surface area contributed by atoms with Crippen molar-refractivity contribution in [3.05, 3.63) is 72.8 Å². The van der Waals surface area contributed by atoms with Crippen LogP contribution in [0.2, 0.25) is 0 Å². The normalized spacial score (nSPS) is 11.5. The molecule has 2 aromatic heterocycles. The van der Waals surface area contributed by atoms with Crippen molar-refractivity contribution in [2.75, 3.05) is 0 Å². The van der Waals surface area contributed by atoms with Gasteiger partial charge >= 0.3 is 0 Å². The fourth-order valence-electron chi connectivity index (χ4n) is 4.33. The van der Waals surface area contributed by atoms with E-state index in [2.05, 4.69) is 89.4 Å². The van der Waals surface area contributed by atoms with Crippen molar-refractivity contribution in [3.63, 3.8) is 0 Å². The van der Waals surface area contributed by atoms with Crippen molar-refractivity contribution in [1.29, 1.82) is 0 Å². The maximum atomic E-state index is 3.63. The lowest BCUT2D eigenvalue weighted by atomic mass is 10.0. The molecule has 0 saturated carbocycles. The Balaban J connectivity index is 0.000000777. The number of hydrogen-bond acceptors (Lipinski definition) is 0. The third kappa shape index (κ3) is 2.13. The van der Waals surface area contributed by atoms with E-state index in [0.29, 0.717) is 0 Å². The number of para-hydroxylation sites is 1. The van der Waals surface area contributed by atoms with Gasteiger partial charge in [-0.3, -0.25) is 0 Å². The highest BCUT2D eigenvalue weighted by atomic mass is 14.9. The van der Waals surface area contributed by atoms with Gasteiger partial charge in [0.1, 0.15) is 0 Å². The first-order chi connectivity index (χ1) is 13.3. The van der Waals surface area contributed by atoms with Gasteiger partial charge in [0.2, 0.25) is 0 Å². The summed E-state index contributed by atoms with van der Waals surface area (Å²) >= 11 is 0. The Morgan fingerprint density at radius 1 is 0.630 bits per heavy atom. The molecule has 27 heavy (non-hydrogen) atoms. The van der Waals surface area contributed by atoms with Gasteiger partial charge in [0, 0.05) is 50.7 Å². The SMILES string of the molecule is CC.Cn1c2ccccc2c2c3c(ccc21)[nH]c1cc2ccccc2cc13. The van der Waals surface area contributed by atoms with Crippen LogP contribution >= 0.6 is 0 Å². The van der Waals surface area contributed by atoms with Crippen molar-refractivity contribution < 1.29 is 0 Å². The summed E-state index contributed by atoms with van der Waals surface area (Å²) < 4.78 is 2.30. The predicted octanol–water partition coefficient (Wildman–Crippen LogP) is 7.15. The largest absolute Gasteiger partial charge is 0.354 e. The summed E-state index contributed by atoms with van der Waals surface area (Å²) in [7, 11) is 2.15. The van der Waals surface area contributed by atoms with E-state index in [1.807, 2.05) is 13.8 Å². The average molecular weight is 350 g/mol. The number of nitrogens with zero attached hydrogens (tertiary/aromatic N) is 1. The molecule has 2 heteroatoms. The Bertz CT molecular complexity index is 1450. The molecule has 0 saturated heterocycles. The lowest BCUT2D eigenvalue weighted by Gasteiger charge is -2.00. The molecule has 4 aromatic carbocycles. The Morgan fingerprint density at radius 2 is 1.33 bits per heavy atom. The summed E-state index contributed by atoms with van der Waals surface area (Å²) in [6, 6.07) is 26.3. The van der Waals surface area contributed by atoms with Gasteiger partial charge in [0.15, 0.2) is 0 Å². The molecule has 0 fully saturated rings. The fraction of sp³-hybridized carbons (Fsp3) is 0.120. The van der Waals surface area contributed by atoms with Crippen LogP contribution in [0.3, 0.4) is 0 Å². The van der Waals surface area contributed by atoms with Crippen LogP contribution in [0.1, 0.15) is 13.8 Å². The molecule has 0 atom stereocenters. The second kappa shape index (κ2) is 5.88. The highest BCUT2D eigenvalue weighted by molar-refractivity contribution is 6.28. The van der Waals surface area contributed by atoms with Crippen LogP contribution in [-0.2, 0) is 7.05 Å². The Hall–Kier alpha value is -3.26. The number of H-pyrrole nitrogens is 1. The molecule has 0 bridgehead atoms. The molecular weight excluding hydrogens is 328 g/mol. The topological polar surface area (TPSA) is 20.7 Å². The Kier molecular flexibility index (Phi) is 3.48. The van der Waals surface area contributed by atoms with Crippen LogP contribution in [0, 0.1) is 0 Å². The van der Waals surface area contributed by atoms with Crippen LogP contribution in [0.25, 0.3) is 54.4 Å². The smallest absolute Gasteiger partial charge is 0.0496 e. The van der Waals surface area contributed by atoms with E-state index in [1.54, 1.807) is 0 Å². The second-order valence-electron chi connectivity index (χ2n) is 6.83. The highest BCUT2D eigenvalue weighted by Gasteiger charge is 2.15. The molecule has 0 spiro atoms. The number of hydrogen-bond donors (Lipinski definition) is 1. The maximum Gasteiger partial charge on any atom is 0.0496 e. The average Bonchev–Trinajstić information content (AvgIpc) is 3.23. The third-order valence-corrected chi connectivity index (χ3v) is 5.50. The third-order valence-electron chi connectivity index (χ3n) is 5.50. The van der Waals surface area contributed by atoms with Gasteiger partial charge in [-0.25, -0.2) is 0 Å². The summed E-state index contributed by atoms with van der Waals surface area (Å²) in [5.74, 6) is 0. The number of aryl methyl sites for hydroxylation is 1. The summed E-state index contributed by atoms with van der Waals surface area (Å²) in [4.78, 5) is 3.63. The van der Waals surface area contributed by atoms with E-state index in [4.69, 9.17) is 0 Å². The molecule has 132 valence electrons. The minimum absolute atomic E-state index is 1.20. The molecule has 6 aromatic rings. The van der Waals surface area contributed by atoms with E-state index in [1.165, 1.54) is 54.4 Å². The van der Waals surface area contributed by atoms with E-state index in [9.17, 15) is 0 Å². The summed E-state index contributed by atoms with van der Waals surface area (Å²) in [5, 5.41) is 7.85. The summed E-state index contributed by atoms with van der Waals surface area (Å²) in [6.45, 7) is 4.00. The number of aromatic nitrogens is 2. The van der Waals surface area contributed by atoms with Crippen LogP contribution < -0.4 is 0 Å². The van der Waals surface area contributed by atoms with Crippen molar-refractivity contribution in [3.8, 4) is 0 Å². The Morgan fingerprint density at radius 3 is 2.15 bits per heavy atom. The zero-order valence-corrected chi connectivity index (χ0v) is 15.9. The molecule has 1 N–H and O–H groups in total. The van der Waals surface area contributed by atoms with Crippen molar-refractivity contribution in [2.45, 2.75) is 13.8 Å². The molecule has 0 aliphatic carbocycles. The number of fused-ring (bicyclic) bond motifs is 8. The molecule has 2 nitrogen and oxygen atoms in total. The monoisotopic (exact) mass is 350 g/mol. The van der Waals surface area contributed by atoms with Crippen LogP contribution in [-0.4, -0.2) is 9.55 Å². The molecule has 0 amide bonds. The predicted molar refractivity (Wildman–Crippen MR) is 119 cm³/mol. The standard InChI is InChI=1S/C23H16N2.C2H6/c1-25-20-9-5-4-8-16(20)23-21(25)11-10-18-22(23)17-12-14-6-2-3-7-15(14)13-19(17)24-18;1-2/h2-13,24H,1H3;1-2H3. The molecule has 0 radical (unpaired) electrons. The van der Waals surface area contributed by atoms with Gasteiger partial charge in [-0.1, -0.05) is 56.3 Å². The van der Waals surface area contributed by atoms with Gasteiger partial charge < -0.3 is 9.55 Å². The number of rotatable bonds is 0. The first kappa shape index (κ1) is 16.0. The van der Waals surface area contributed by atoms with Gasteiger partial charge in [0.05, 0.1) is 0 Å². The summed E-state index contributed by atoms with van der Waals surface area (Å²) in [5.41, 5.74) is 4.96. The lowest BCUT2D eigenvalue weighted by Crippen LogP contribution is -1.85. The van der Waals surface area contributed by atoms with Gasteiger partial charge in [-0.15, -0.1) is 0 Å². The van der Waals surface area contributed by atoms with Gasteiger partial charge in [-0.05, 0) is 41.1 Å². The number of benzene rings is 4. The number of nitrogens with one attached hydrogen (secondary N) is 1. The lowest BCUT2D eigenvalue weighted by molar-refractivity contribution is 1.01. The number of aromatic amines is 1. The highest BCUT2D eigenvalue weighted by Crippen LogP contribution is 2.38. The molecule has 2 heterocycles. The van der Waals surface area contributed by atoms with Crippen molar-refractivity contribution in [1.82, 2.24) is 9.55 Å². The molecule has 6 rings (SSSR count). The molecular formula is C25H22N2. The molecule has 0 aliphatic rings. The minimum Gasteiger partial charge on any atom is -0.354 e. The molecule has 0 unspecified atom stereocenters. The first-order valence-corrected chi connectivity index (χ1v) is 9.61. The van der Waals surface area contributed by atoms with Crippen LogP contribution in [0.5, 0.6) is 0 Å². The van der Waals surface area contributed by atoms with Crippen LogP contribution in [0.15, 0.2) is 72.8 Å². The second-order valence-corrected chi connectivity index (χ2v) is 6.83.